The highest BCUT2D eigenvalue weighted by Gasteiger charge is 2.24. The lowest BCUT2D eigenvalue weighted by molar-refractivity contribution is 0.137. The molecule has 2 N–H and O–H groups in total. The van der Waals surface area contributed by atoms with Crippen molar-refractivity contribution in [1.29, 1.82) is 0 Å². The predicted octanol–water partition coefficient (Wildman–Crippen LogP) is 3.27. The van der Waals surface area contributed by atoms with Gasteiger partial charge in [-0.05, 0) is 37.5 Å². The Bertz CT molecular complexity index is 552. The molecule has 0 bridgehead atoms. The fourth-order valence-electron chi connectivity index (χ4n) is 2.51. The third-order valence-electron chi connectivity index (χ3n) is 3.55. The molecule has 2 atom stereocenters. The van der Waals surface area contributed by atoms with Gasteiger partial charge in [0.1, 0.15) is 0 Å². The van der Waals surface area contributed by atoms with Crippen molar-refractivity contribution >= 4 is 22.8 Å². The van der Waals surface area contributed by atoms with Crippen molar-refractivity contribution in [3.05, 3.63) is 23.8 Å². The maximum atomic E-state index is 9.99. The summed E-state index contributed by atoms with van der Waals surface area (Å²) in [5.74, 6) is 0. The van der Waals surface area contributed by atoms with E-state index in [0.29, 0.717) is 5.25 Å². The SMILES string of the molecule is Cc1ccc2nc(S[C@H]3CCCC[C@@H]3O)[nH]c2c1. The van der Waals surface area contributed by atoms with Gasteiger partial charge in [0, 0.05) is 5.25 Å². The number of aromatic nitrogens is 2. The van der Waals surface area contributed by atoms with Gasteiger partial charge in [-0.2, -0.15) is 0 Å². The van der Waals surface area contributed by atoms with Crippen LogP contribution in [0.1, 0.15) is 31.2 Å². The van der Waals surface area contributed by atoms with Crippen LogP contribution in [0.25, 0.3) is 11.0 Å². The highest BCUT2D eigenvalue weighted by Crippen LogP contribution is 2.33. The molecule has 0 radical (unpaired) electrons. The van der Waals surface area contributed by atoms with Gasteiger partial charge in [-0.25, -0.2) is 4.98 Å². The Balaban J connectivity index is 1.81. The van der Waals surface area contributed by atoms with E-state index in [-0.39, 0.29) is 6.10 Å². The molecule has 0 unspecified atom stereocenters. The Kier molecular flexibility index (Phi) is 3.31. The summed E-state index contributed by atoms with van der Waals surface area (Å²) in [5.41, 5.74) is 3.33. The molecule has 0 aliphatic heterocycles. The van der Waals surface area contributed by atoms with E-state index >= 15 is 0 Å². The summed E-state index contributed by atoms with van der Waals surface area (Å²) in [4.78, 5) is 7.92. The minimum atomic E-state index is -0.182. The average Bonchev–Trinajstić information content (AvgIpc) is 2.73. The number of aryl methyl sites for hydroxylation is 1. The zero-order valence-corrected chi connectivity index (χ0v) is 11.3. The second-order valence-corrected chi connectivity index (χ2v) is 6.30. The minimum absolute atomic E-state index is 0.182. The number of imidazole rings is 1. The summed E-state index contributed by atoms with van der Waals surface area (Å²) in [6, 6.07) is 6.24. The predicted molar refractivity (Wildman–Crippen MR) is 75.0 cm³/mol. The lowest BCUT2D eigenvalue weighted by atomic mass is 9.97. The van der Waals surface area contributed by atoms with E-state index in [9.17, 15) is 5.11 Å². The van der Waals surface area contributed by atoms with Gasteiger partial charge >= 0.3 is 0 Å². The number of fused-ring (bicyclic) bond motifs is 1. The van der Waals surface area contributed by atoms with E-state index in [1.807, 2.05) is 6.07 Å². The number of aliphatic hydroxyl groups excluding tert-OH is 1. The van der Waals surface area contributed by atoms with Gasteiger partial charge < -0.3 is 10.1 Å². The van der Waals surface area contributed by atoms with Crippen molar-refractivity contribution in [3.8, 4) is 0 Å². The molecule has 1 aliphatic carbocycles. The molecule has 1 heterocycles. The second-order valence-electron chi connectivity index (χ2n) is 5.07. The molecular formula is C14H18N2OS. The molecular weight excluding hydrogens is 244 g/mol. The van der Waals surface area contributed by atoms with Crippen LogP contribution < -0.4 is 0 Å². The van der Waals surface area contributed by atoms with Crippen molar-refractivity contribution in [3.63, 3.8) is 0 Å². The molecule has 1 fully saturated rings. The molecule has 1 saturated carbocycles. The average molecular weight is 262 g/mol. The van der Waals surface area contributed by atoms with Gasteiger partial charge in [-0.1, -0.05) is 30.7 Å². The van der Waals surface area contributed by atoms with Crippen LogP contribution in [0.4, 0.5) is 0 Å². The molecule has 2 aromatic rings. The topological polar surface area (TPSA) is 48.9 Å². The molecule has 96 valence electrons. The number of nitrogens with one attached hydrogen (secondary N) is 1. The summed E-state index contributed by atoms with van der Waals surface area (Å²) in [6.07, 6.45) is 4.20. The van der Waals surface area contributed by atoms with Crippen LogP contribution in [0, 0.1) is 6.92 Å². The molecule has 3 nitrogen and oxygen atoms in total. The number of hydrogen-bond donors (Lipinski definition) is 2. The lowest BCUT2D eigenvalue weighted by Crippen LogP contribution is -2.26. The van der Waals surface area contributed by atoms with Crippen molar-refractivity contribution in [2.45, 2.75) is 49.1 Å². The number of nitrogens with zero attached hydrogens (tertiary/aromatic N) is 1. The monoisotopic (exact) mass is 262 g/mol. The number of hydrogen-bond acceptors (Lipinski definition) is 3. The molecule has 4 heteroatoms. The Hall–Kier alpha value is -1.00. The van der Waals surface area contributed by atoms with Crippen LogP contribution in [0.3, 0.4) is 0 Å². The summed E-state index contributed by atoms with van der Waals surface area (Å²) >= 11 is 1.69. The van der Waals surface area contributed by atoms with Crippen molar-refractivity contribution in [2.75, 3.05) is 0 Å². The van der Waals surface area contributed by atoms with Gasteiger partial charge in [0.2, 0.25) is 0 Å². The number of aromatic amines is 1. The van der Waals surface area contributed by atoms with Crippen molar-refractivity contribution < 1.29 is 5.11 Å². The van der Waals surface area contributed by atoms with Crippen LogP contribution in [0.15, 0.2) is 23.4 Å². The fraction of sp³-hybridized carbons (Fsp3) is 0.500. The Morgan fingerprint density at radius 1 is 1.33 bits per heavy atom. The zero-order valence-electron chi connectivity index (χ0n) is 10.5. The molecule has 1 aromatic heterocycles. The van der Waals surface area contributed by atoms with E-state index in [2.05, 4.69) is 29.0 Å². The zero-order chi connectivity index (χ0) is 12.5. The van der Waals surface area contributed by atoms with E-state index < -0.39 is 0 Å². The first kappa shape index (κ1) is 12.1. The first-order valence-corrected chi connectivity index (χ1v) is 7.41. The largest absolute Gasteiger partial charge is 0.392 e. The third-order valence-corrected chi connectivity index (χ3v) is 4.82. The van der Waals surface area contributed by atoms with Crippen molar-refractivity contribution in [1.82, 2.24) is 9.97 Å². The summed E-state index contributed by atoms with van der Waals surface area (Å²) in [5, 5.41) is 11.2. The standard InChI is InChI=1S/C14H18N2OS/c1-9-6-7-10-11(8-9)16-14(15-10)18-13-5-3-2-4-12(13)17/h6-8,12-13,17H,2-5H2,1H3,(H,15,16)/t12-,13-/m0/s1. The maximum absolute atomic E-state index is 9.99. The molecule has 0 spiro atoms. The van der Waals surface area contributed by atoms with E-state index in [1.54, 1.807) is 11.8 Å². The minimum Gasteiger partial charge on any atom is -0.392 e. The number of thioether (sulfide) groups is 1. The Labute approximate surface area is 111 Å². The van der Waals surface area contributed by atoms with Crippen molar-refractivity contribution in [2.24, 2.45) is 0 Å². The summed E-state index contributed by atoms with van der Waals surface area (Å²) < 4.78 is 0. The van der Waals surface area contributed by atoms with Gasteiger partial charge in [0.25, 0.3) is 0 Å². The molecule has 3 rings (SSSR count). The quantitative estimate of drug-likeness (QED) is 0.873. The van der Waals surface area contributed by atoms with E-state index in [0.717, 1.165) is 35.5 Å². The van der Waals surface area contributed by atoms with E-state index in [1.165, 1.54) is 12.0 Å². The molecule has 1 aromatic carbocycles. The summed E-state index contributed by atoms with van der Waals surface area (Å²) in [6.45, 7) is 2.08. The summed E-state index contributed by atoms with van der Waals surface area (Å²) in [7, 11) is 0. The highest BCUT2D eigenvalue weighted by atomic mass is 32.2. The molecule has 18 heavy (non-hydrogen) atoms. The van der Waals surface area contributed by atoms with E-state index in [4.69, 9.17) is 0 Å². The number of rotatable bonds is 2. The highest BCUT2D eigenvalue weighted by molar-refractivity contribution is 7.99. The van der Waals surface area contributed by atoms with Crippen LogP contribution in [-0.2, 0) is 0 Å². The van der Waals surface area contributed by atoms with Crippen LogP contribution in [0.5, 0.6) is 0 Å². The van der Waals surface area contributed by atoms with Gasteiger partial charge in [-0.3, -0.25) is 0 Å². The van der Waals surface area contributed by atoms with Crippen LogP contribution in [0.2, 0.25) is 0 Å². The second kappa shape index (κ2) is 4.94. The van der Waals surface area contributed by atoms with Gasteiger partial charge in [0.15, 0.2) is 5.16 Å². The first-order chi connectivity index (χ1) is 8.72. The smallest absolute Gasteiger partial charge is 0.166 e. The Morgan fingerprint density at radius 2 is 2.17 bits per heavy atom. The number of benzene rings is 1. The normalized spacial score (nSPS) is 24.6. The first-order valence-electron chi connectivity index (χ1n) is 6.53. The van der Waals surface area contributed by atoms with Crippen LogP contribution >= 0.6 is 11.8 Å². The lowest BCUT2D eigenvalue weighted by Gasteiger charge is -2.25. The van der Waals surface area contributed by atoms with Gasteiger partial charge in [0.05, 0.1) is 17.1 Å². The number of H-pyrrole nitrogens is 1. The number of aliphatic hydroxyl groups is 1. The maximum Gasteiger partial charge on any atom is 0.166 e. The third kappa shape index (κ3) is 2.40. The molecule has 1 aliphatic rings. The van der Waals surface area contributed by atoms with Gasteiger partial charge in [-0.15, -0.1) is 0 Å². The molecule has 0 amide bonds. The fourth-order valence-corrected chi connectivity index (χ4v) is 3.70. The van der Waals surface area contributed by atoms with Crippen LogP contribution in [-0.4, -0.2) is 26.4 Å². The molecule has 0 saturated heterocycles. The Morgan fingerprint density at radius 3 is 3.00 bits per heavy atom.